The molecule has 6 heteroatoms. The van der Waals surface area contributed by atoms with E-state index in [9.17, 15) is 0 Å². The summed E-state index contributed by atoms with van der Waals surface area (Å²) in [6.45, 7) is 3.51. The van der Waals surface area contributed by atoms with Crippen molar-refractivity contribution < 1.29 is 4.74 Å². The molecule has 5 nitrogen and oxygen atoms in total. The average molecular weight is 293 g/mol. The first kappa shape index (κ1) is 14.6. The van der Waals surface area contributed by atoms with Crippen LogP contribution in [0.4, 0.5) is 11.6 Å². The van der Waals surface area contributed by atoms with Crippen LogP contribution in [-0.4, -0.2) is 16.6 Å². The van der Waals surface area contributed by atoms with Crippen LogP contribution in [-0.2, 0) is 17.9 Å². The van der Waals surface area contributed by atoms with E-state index < -0.39 is 0 Å². The second-order valence-electron chi connectivity index (χ2n) is 4.21. The number of benzene rings is 1. The molecule has 3 N–H and O–H groups in total. The van der Waals surface area contributed by atoms with Crippen molar-refractivity contribution in [2.24, 2.45) is 0 Å². The summed E-state index contributed by atoms with van der Waals surface area (Å²) in [4.78, 5) is 8.47. The summed E-state index contributed by atoms with van der Waals surface area (Å²) in [5, 5.41) is 3.91. The molecule has 1 aromatic heterocycles. The van der Waals surface area contributed by atoms with E-state index in [4.69, 9.17) is 22.1 Å². The fourth-order valence-electron chi connectivity index (χ4n) is 1.71. The van der Waals surface area contributed by atoms with Gasteiger partial charge >= 0.3 is 0 Å². The Morgan fingerprint density at radius 3 is 2.90 bits per heavy atom. The molecule has 20 heavy (non-hydrogen) atoms. The van der Waals surface area contributed by atoms with Crippen molar-refractivity contribution >= 4 is 23.2 Å². The van der Waals surface area contributed by atoms with Gasteiger partial charge in [0.25, 0.3) is 0 Å². The highest BCUT2D eigenvalue weighted by molar-refractivity contribution is 6.30. The number of nitrogen functional groups attached to an aromatic ring is 1. The third kappa shape index (κ3) is 4.36. The Hall–Kier alpha value is -1.85. The van der Waals surface area contributed by atoms with Crippen molar-refractivity contribution in [3.63, 3.8) is 0 Å². The van der Waals surface area contributed by atoms with Gasteiger partial charge in [-0.1, -0.05) is 23.7 Å². The number of aromatic nitrogens is 2. The van der Waals surface area contributed by atoms with Crippen molar-refractivity contribution in [3.05, 3.63) is 46.7 Å². The standard InChI is InChI=1S/C14H17ClN4O/c1-2-20-9-14-18-12(16)7-13(19-14)17-8-10-4-3-5-11(15)6-10/h3-7H,2,8-9H2,1H3,(H3,16,17,18,19). The quantitative estimate of drug-likeness (QED) is 0.856. The summed E-state index contributed by atoms with van der Waals surface area (Å²) >= 11 is 5.94. The van der Waals surface area contributed by atoms with E-state index in [1.54, 1.807) is 6.07 Å². The Morgan fingerprint density at radius 1 is 1.30 bits per heavy atom. The van der Waals surface area contributed by atoms with E-state index in [-0.39, 0.29) is 0 Å². The number of ether oxygens (including phenoxy) is 1. The molecule has 0 aliphatic rings. The molecule has 0 saturated heterocycles. The highest BCUT2D eigenvalue weighted by Crippen LogP contribution is 2.14. The van der Waals surface area contributed by atoms with Gasteiger partial charge in [-0.2, -0.15) is 0 Å². The highest BCUT2D eigenvalue weighted by atomic mass is 35.5. The van der Waals surface area contributed by atoms with Gasteiger partial charge in [0, 0.05) is 24.2 Å². The van der Waals surface area contributed by atoms with Gasteiger partial charge in [-0.05, 0) is 24.6 Å². The lowest BCUT2D eigenvalue weighted by atomic mass is 10.2. The molecule has 0 fully saturated rings. The van der Waals surface area contributed by atoms with Crippen LogP contribution in [0.15, 0.2) is 30.3 Å². The first-order chi connectivity index (χ1) is 9.67. The third-order valence-electron chi connectivity index (χ3n) is 2.59. The van der Waals surface area contributed by atoms with E-state index in [0.717, 1.165) is 5.56 Å². The lowest BCUT2D eigenvalue weighted by Crippen LogP contribution is -2.07. The number of hydrogen-bond donors (Lipinski definition) is 2. The van der Waals surface area contributed by atoms with Gasteiger partial charge in [-0.25, -0.2) is 9.97 Å². The van der Waals surface area contributed by atoms with Crippen LogP contribution in [0.25, 0.3) is 0 Å². The maximum Gasteiger partial charge on any atom is 0.158 e. The molecule has 0 spiro atoms. The van der Waals surface area contributed by atoms with Crippen LogP contribution >= 0.6 is 11.6 Å². The van der Waals surface area contributed by atoms with Crippen LogP contribution in [0, 0.1) is 0 Å². The Balaban J connectivity index is 2.03. The predicted octanol–water partition coefficient (Wildman–Crippen LogP) is 2.86. The maximum absolute atomic E-state index is 5.94. The molecular formula is C14H17ClN4O. The highest BCUT2D eigenvalue weighted by Gasteiger charge is 2.03. The molecular weight excluding hydrogens is 276 g/mol. The van der Waals surface area contributed by atoms with Gasteiger partial charge in [0.1, 0.15) is 18.2 Å². The van der Waals surface area contributed by atoms with Crippen molar-refractivity contribution in [1.82, 2.24) is 9.97 Å². The van der Waals surface area contributed by atoms with Crippen LogP contribution in [0.5, 0.6) is 0 Å². The maximum atomic E-state index is 5.94. The molecule has 0 atom stereocenters. The Bertz CT molecular complexity index is 577. The number of nitrogens with one attached hydrogen (secondary N) is 1. The van der Waals surface area contributed by atoms with Gasteiger partial charge in [0.05, 0.1) is 0 Å². The topological polar surface area (TPSA) is 73.1 Å². The van der Waals surface area contributed by atoms with Gasteiger partial charge < -0.3 is 15.8 Å². The van der Waals surface area contributed by atoms with Gasteiger partial charge in [0.2, 0.25) is 0 Å². The SMILES string of the molecule is CCOCc1nc(N)cc(NCc2cccc(Cl)c2)n1. The fourth-order valence-corrected chi connectivity index (χ4v) is 1.92. The Labute approximate surface area is 123 Å². The summed E-state index contributed by atoms with van der Waals surface area (Å²) < 4.78 is 5.28. The summed E-state index contributed by atoms with van der Waals surface area (Å²) in [6, 6.07) is 9.34. The number of anilines is 2. The van der Waals surface area contributed by atoms with Crippen LogP contribution < -0.4 is 11.1 Å². The largest absolute Gasteiger partial charge is 0.384 e. The van der Waals surface area contributed by atoms with Crippen molar-refractivity contribution in [2.45, 2.75) is 20.1 Å². The number of halogens is 1. The molecule has 0 aliphatic heterocycles. The minimum absolute atomic E-state index is 0.355. The second kappa shape index (κ2) is 7.07. The van der Waals surface area contributed by atoms with Gasteiger partial charge in [-0.15, -0.1) is 0 Å². The summed E-state index contributed by atoms with van der Waals surface area (Å²) in [5.41, 5.74) is 6.83. The number of nitrogens with two attached hydrogens (primary N) is 1. The van der Waals surface area contributed by atoms with Gasteiger partial charge in [0.15, 0.2) is 5.82 Å². The zero-order chi connectivity index (χ0) is 14.4. The molecule has 2 aromatic rings. The van der Waals surface area contributed by atoms with E-state index in [1.165, 1.54) is 0 Å². The summed E-state index contributed by atoms with van der Waals surface area (Å²) in [6.07, 6.45) is 0. The van der Waals surface area contributed by atoms with Crippen LogP contribution in [0.3, 0.4) is 0 Å². The van der Waals surface area contributed by atoms with Crippen molar-refractivity contribution in [2.75, 3.05) is 17.7 Å². The molecule has 106 valence electrons. The molecule has 1 aromatic carbocycles. The fraction of sp³-hybridized carbons (Fsp3) is 0.286. The normalized spacial score (nSPS) is 10.5. The third-order valence-corrected chi connectivity index (χ3v) is 2.83. The lowest BCUT2D eigenvalue weighted by molar-refractivity contribution is 0.128. The summed E-state index contributed by atoms with van der Waals surface area (Å²) in [7, 11) is 0. The van der Waals surface area contributed by atoms with E-state index in [2.05, 4.69) is 15.3 Å². The van der Waals surface area contributed by atoms with Crippen LogP contribution in [0.1, 0.15) is 18.3 Å². The first-order valence-electron chi connectivity index (χ1n) is 6.37. The molecule has 0 bridgehead atoms. The van der Waals surface area contributed by atoms with Gasteiger partial charge in [-0.3, -0.25) is 0 Å². The first-order valence-corrected chi connectivity index (χ1v) is 6.74. The number of nitrogens with zero attached hydrogens (tertiary/aromatic N) is 2. The number of rotatable bonds is 6. The van der Waals surface area contributed by atoms with E-state index >= 15 is 0 Å². The zero-order valence-corrected chi connectivity index (χ0v) is 12.0. The monoisotopic (exact) mass is 292 g/mol. The predicted molar refractivity (Wildman–Crippen MR) is 80.6 cm³/mol. The smallest absolute Gasteiger partial charge is 0.158 e. The van der Waals surface area contributed by atoms with E-state index in [0.29, 0.717) is 42.2 Å². The zero-order valence-electron chi connectivity index (χ0n) is 11.3. The average Bonchev–Trinajstić information content (AvgIpc) is 2.42. The minimum Gasteiger partial charge on any atom is -0.384 e. The summed E-state index contributed by atoms with van der Waals surface area (Å²) in [5.74, 6) is 1.66. The molecule has 0 unspecified atom stereocenters. The second-order valence-corrected chi connectivity index (χ2v) is 4.65. The number of hydrogen-bond acceptors (Lipinski definition) is 5. The molecule has 2 rings (SSSR count). The molecule has 0 aliphatic carbocycles. The van der Waals surface area contributed by atoms with Crippen LogP contribution in [0.2, 0.25) is 5.02 Å². The van der Waals surface area contributed by atoms with Crippen molar-refractivity contribution in [3.8, 4) is 0 Å². The molecule has 0 radical (unpaired) electrons. The Morgan fingerprint density at radius 2 is 2.15 bits per heavy atom. The van der Waals surface area contributed by atoms with Crippen molar-refractivity contribution in [1.29, 1.82) is 0 Å². The molecule has 0 amide bonds. The molecule has 0 saturated carbocycles. The van der Waals surface area contributed by atoms with E-state index in [1.807, 2.05) is 31.2 Å². The minimum atomic E-state index is 0.355. The lowest BCUT2D eigenvalue weighted by Gasteiger charge is -2.09. The Kier molecular flexibility index (Phi) is 5.15. The molecule has 1 heterocycles.